The number of carbonyl (C=O) groups is 1. The number of hydrogen-bond donors (Lipinski definition) is 0. The van der Waals surface area contributed by atoms with Gasteiger partial charge in [0.15, 0.2) is 17.3 Å². The standard InChI is InChI=1S/C15H11BrClIO3/c1-20-13-6-9(11(17)7-14(13)21-2)15(19)10-5-8(16)3-4-12(10)18/h3-7H,1-2H3. The Hall–Kier alpha value is -0.790. The summed E-state index contributed by atoms with van der Waals surface area (Å²) in [6.45, 7) is 0. The summed E-state index contributed by atoms with van der Waals surface area (Å²) in [7, 11) is 3.04. The van der Waals surface area contributed by atoms with Gasteiger partial charge in [-0.3, -0.25) is 4.79 Å². The zero-order chi connectivity index (χ0) is 15.6. The second-order valence-corrected chi connectivity index (χ2v) is 6.63. The van der Waals surface area contributed by atoms with Gasteiger partial charge >= 0.3 is 0 Å². The van der Waals surface area contributed by atoms with Crippen LogP contribution in [-0.4, -0.2) is 20.0 Å². The Labute approximate surface area is 149 Å². The number of methoxy groups -OCH3 is 2. The Kier molecular flexibility index (Phi) is 5.51. The Morgan fingerprint density at radius 3 is 2.33 bits per heavy atom. The fourth-order valence-corrected chi connectivity index (χ4v) is 3.03. The smallest absolute Gasteiger partial charge is 0.195 e. The molecular weight excluding hydrogens is 470 g/mol. The lowest BCUT2D eigenvalue weighted by Gasteiger charge is -2.12. The number of ether oxygens (including phenoxy) is 2. The molecule has 21 heavy (non-hydrogen) atoms. The molecule has 0 amide bonds. The molecule has 0 aliphatic rings. The molecular formula is C15H11BrClIO3. The number of halogens is 3. The van der Waals surface area contributed by atoms with E-state index in [1.54, 1.807) is 18.2 Å². The number of hydrogen-bond acceptors (Lipinski definition) is 3. The zero-order valence-electron chi connectivity index (χ0n) is 11.2. The SMILES string of the molecule is COc1cc(Cl)c(C(=O)c2cc(Br)ccc2I)cc1OC. The van der Waals surface area contributed by atoms with E-state index in [0.29, 0.717) is 27.6 Å². The van der Waals surface area contributed by atoms with Crippen LogP contribution in [0.1, 0.15) is 15.9 Å². The third-order valence-corrected chi connectivity index (χ3v) is 4.64. The van der Waals surface area contributed by atoms with E-state index in [1.165, 1.54) is 14.2 Å². The zero-order valence-corrected chi connectivity index (χ0v) is 15.7. The fraction of sp³-hybridized carbons (Fsp3) is 0.133. The molecule has 6 heteroatoms. The van der Waals surface area contributed by atoms with Crippen LogP contribution < -0.4 is 9.47 Å². The predicted molar refractivity (Wildman–Crippen MR) is 94.8 cm³/mol. The molecule has 2 aromatic rings. The van der Waals surface area contributed by atoms with Gasteiger partial charge in [-0.2, -0.15) is 0 Å². The van der Waals surface area contributed by atoms with E-state index in [4.69, 9.17) is 21.1 Å². The normalized spacial score (nSPS) is 10.3. The number of carbonyl (C=O) groups excluding carboxylic acids is 1. The molecule has 0 bridgehead atoms. The van der Waals surface area contributed by atoms with Gasteiger partial charge in [-0.1, -0.05) is 27.5 Å². The third kappa shape index (κ3) is 3.52. The number of benzene rings is 2. The summed E-state index contributed by atoms with van der Waals surface area (Å²) >= 11 is 11.7. The average molecular weight is 482 g/mol. The molecule has 0 heterocycles. The molecule has 110 valence electrons. The summed E-state index contributed by atoms with van der Waals surface area (Å²) in [5, 5.41) is 0.327. The first-order valence-electron chi connectivity index (χ1n) is 5.89. The van der Waals surface area contributed by atoms with Gasteiger partial charge in [0.05, 0.1) is 19.2 Å². The molecule has 2 rings (SSSR count). The summed E-state index contributed by atoms with van der Waals surface area (Å²) in [5.41, 5.74) is 0.962. The van der Waals surface area contributed by atoms with E-state index in [9.17, 15) is 4.79 Å². The molecule has 0 aromatic heterocycles. The first kappa shape index (κ1) is 16.6. The molecule has 0 saturated heterocycles. The van der Waals surface area contributed by atoms with Crippen molar-refractivity contribution in [2.24, 2.45) is 0 Å². The second kappa shape index (κ2) is 6.98. The Balaban J connectivity index is 2.55. The average Bonchev–Trinajstić information content (AvgIpc) is 2.48. The summed E-state index contributed by atoms with van der Waals surface area (Å²) in [6, 6.07) is 8.71. The van der Waals surface area contributed by atoms with E-state index >= 15 is 0 Å². The minimum Gasteiger partial charge on any atom is -0.493 e. The third-order valence-electron chi connectivity index (χ3n) is 2.89. The lowest BCUT2D eigenvalue weighted by Crippen LogP contribution is -2.06. The van der Waals surface area contributed by atoms with Crippen molar-refractivity contribution >= 4 is 55.9 Å². The number of rotatable bonds is 4. The van der Waals surface area contributed by atoms with Crippen LogP contribution in [0.15, 0.2) is 34.8 Å². The highest BCUT2D eigenvalue weighted by atomic mass is 127. The van der Waals surface area contributed by atoms with Crippen LogP contribution in [-0.2, 0) is 0 Å². The molecule has 0 atom stereocenters. The van der Waals surface area contributed by atoms with Crippen molar-refractivity contribution in [3.63, 3.8) is 0 Å². The van der Waals surface area contributed by atoms with Gasteiger partial charge in [-0.25, -0.2) is 0 Å². The van der Waals surface area contributed by atoms with E-state index < -0.39 is 0 Å². The van der Waals surface area contributed by atoms with Gasteiger partial charge in [0.2, 0.25) is 0 Å². The van der Waals surface area contributed by atoms with Crippen LogP contribution in [0.2, 0.25) is 5.02 Å². The molecule has 3 nitrogen and oxygen atoms in total. The van der Waals surface area contributed by atoms with Crippen LogP contribution in [0.25, 0.3) is 0 Å². The van der Waals surface area contributed by atoms with Crippen LogP contribution in [0.4, 0.5) is 0 Å². The first-order valence-corrected chi connectivity index (χ1v) is 8.14. The van der Waals surface area contributed by atoms with Crippen molar-refractivity contribution < 1.29 is 14.3 Å². The summed E-state index contributed by atoms with van der Waals surface area (Å²) in [5.74, 6) is 0.796. The molecule has 0 unspecified atom stereocenters. The Morgan fingerprint density at radius 2 is 1.71 bits per heavy atom. The summed E-state index contributed by atoms with van der Waals surface area (Å²) in [6.07, 6.45) is 0. The van der Waals surface area contributed by atoms with Gasteiger partial charge in [0.25, 0.3) is 0 Å². The topological polar surface area (TPSA) is 35.5 Å². The van der Waals surface area contributed by atoms with Gasteiger partial charge in [0.1, 0.15) is 0 Å². The van der Waals surface area contributed by atoms with Crippen LogP contribution >= 0.6 is 50.1 Å². The van der Waals surface area contributed by atoms with E-state index in [1.807, 2.05) is 12.1 Å². The lowest BCUT2D eigenvalue weighted by molar-refractivity contribution is 0.103. The van der Waals surface area contributed by atoms with Crippen LogP contribution in [0.3, 0.4) is 0 Å². The van der Waals surface area contributed by atoms with Crippen molar-refractivity contribution in [1.82, 2.24) is 0 Å². The van der Waals surface area contributed by atoms with E-state index in [2.05, 4.69) is 38.5 Å². The molecule has 0 fully saturated rings. The van der Waals surface area contributed by atoms with Crippen LogP contribution in [0.5, 0.6) is 11.5 Å². The van der Waals surface area contributed by atoms with Crippen molar-refractivity contribution in [2.45, 2.75) is 0 Å². The van der Waals surface area contributed by atoms with Gasteiger partial charge in [-0.05, 0) is 46.9 Å². The molecule has 2 aromatic carbocycles. The molecule has 0 aliphatic heterocycles. The first-order chi connectivity index (χ1) is 9.97. The second-order valence-electron chi connectivity index (χ2n) is 4.14. The summed E-state index contributed by atoms with van der Waals surface area (Å²) < 4.78 is 12.1. The predicted octanol–water partition coefficient (Wildman–Crippen LogP) is 4.96. The Morgan fingerprint density at radius 1 is 1.10 bits per heavy atom. The molecule has 0 N–H and O–H groups in total. The lowest BCUT2D eigenvalue weighted by atomic mass is 10.0. The monoisotopic (exact) mass is 480 g/mol. The highest BCUT2D eigenvalue weighted by Gasteiger charge is 2.19. The fourth-order valence-electron chi connectivity index (χ4n) is 1.84. The minimum absolute atomic E-state index is 0.161. The quantitative estimate of drug-likeness (QED) is 0.458. The molecule has 0 saturated carbocycles. The van der Waals surface area contributed by atoms with Crippen molar-refractivity contribution in [3.05, 3.63) is 54.5 Å². The van der Waals surface area contributed by atoms with Crippen LogP contribution in [0, 0.1) is 3.57 Å². The molecule has 0 aliphatic carbocycles. The minimum atomic E-state index is -0.161. The number of ketones is 1. The Bertz CT molecular complexity index is 704. The van der Waals surface area contributed by atoms with Gasteiger partial charge < -0.3 is 9.47 Å². The largest absolute Gasteiger partial charge is 0.493 e. The van der Waals surface area contributed by atoms with Gasteiger partial charge in [-0.15, -0.1) is 0 Å². The highest BCUT2D eigenvalue weighted by Crippen LogP contribution is 2.34. The van der Waals surface area contributed by atoms with Gasteiger partial charge in [0, 0.05) is 25.2 Å². The summed E-state index contributed by atoms with van der Waals surface area (Å²) in [4.78, 5) is 12.7. The maximum absolute atomic E-state index is 12.7. The van der Waals surface area contributed by atoms with E-state index in [0.717, 1.165) is 8.04 Å². The maximum Gasteiger partial charge on any atom is 0.195 e. The van der Waals surface area contributed by atoms with Crippen molar-refractivity contribution in [1.29, 1.82) is 0 Å². The van der Waals surface area contributed by atoms with Crippen molar-refractivity contribution in [2.75, 3.05) is 14.2 Å². The highest BCUT2D eigenvalue weighted by molar-refractivity contribution is 14.1. The van der Waals surface area contributed by atoms with E-state index in [-0.39, 0.29) is 5.78 Å². The molecule has 0 spiro atoms. The maximum atomic E-state index is 12.7. The van der Waals surface area contributed by atoms with Crippen molar-refractivity contribution in [3.8, 4) is 11.5 Å². The molecule has 0 radical (unpaired) electrons.